The summed E-state index contributed by atoms with van der Waals surface area (Å²) < 4.78 is 6.06. The second kappa shape index (κ2) is 9.59. The third kappa shape index (κ3) is 5.33. The molecular formula is C21H22ClN3O. The van der Waals surface area contributed by atoms with Gasteiger partial charge in [-0.3, -0.25) is 0 Å². The molecule has 0 bridgehead atoms. The highest BCUT2D eigenvalue weighted by atomic mass is 35.5. The van der Waals surface area contributed by atoms with Gasteiger partial charge in [0.2, 0.25) is 0 Å². The van der Waals surface area contributed by atoms with Gasteiger partial charge in [-0.15, -0.1) is 12.4 Å². The van der Waals surface area contributed by atoms with Gasteiger partial charge in [0.25, 0.3) is 0 Å². The number of hydrogen-bond donors (Lipinski definition) is 1. The normalized spacial score (nSPS) is 12.1. The zero-order chi connectivity index (χ0) is 17.5. The Kier molecular flexibility index (Phi) is 7.18. The van der Waals surface area contributed by atoms with Gasteiger partial charge >= 0.3 is 0 Å². The molecule has 0 aliphatic heterocycles. The van der Waals surface area contributed by atoms with E-state index in [0.717, 1.165) is 11.1 Å². The van der Waals surface area contributed by atoms with Gasteiger partial charge in [0.1, 0.15) is 11.9 Å². The highest BCUT2D eigenvalue weighted by Crippen LogP contribution is 2.29. The van der Waals surface area contributed by atoms with E-state index >= 15 is 0 Å². The number of halogens is 1. The zero-order valence-corrected chi connectivity index (χ0v) is 15.4. The molecule has 2 aromatic carbocycles. The summed E-state index contributed by atoms with van der Waals surface area (Å²) in [6, 6.07) is 23.7. The SMILES string of the molecule is CC(Oc1cccnc1N=C(N)Cc1ccccc1)c1ccccc1.Cl. The first-order valence-electron chi connectivity index (χ1n) is 8.26. The van der Waals surface area contributed by atoms with Crippen molar-refractivity contribution in [2.45, 2.75) is 19.4 Å². The number of rotatable bonds is 6. The Morgan fingerprint density at radius 2 is 1.65 bits per heavy atom. The van der Waals surface area contributed by atoms with Crippen molar-refractivity contribution in [3.63, 3.8) is 0 Å². The number of aromatic nitrogens is 1. The molecule has 4 nitrogen and oxygen atoms in total. The summed E-state index contributed by atoms with van der Waals surface area (Å²) in [5.41, 5.74) is 8.31. The molecule has 0 aliphatic carbocycles. The van der Waals surface area contributed by atoms with Crippen LogP contribution in [0.15, 0.2) is 84.0 Å². The molecule has 5 heteroatoms. The number of amidine groups is 1. The molecule has 0 aliphatic rings. The minimum Gasteiger partial charge on any atom is -0.482 e. The fourth-order valence-electron chi connectivity index (χ4n) is 2.52. The lowest BCUT2D eigenvalue weighted by Gasteiger charge is -2.16. The van der Waals surface area contributed by atoms with Crippen LogP contribution in [0.1, 0.15) is 24.2 Å². The molecule has 134 valence electrons. The van der Waals surface area contributed by atoms with E-state index in [9.17, 15) is 0 Å². The molecule has 0 saturated carbocycles. The summed E-state index contributed by atoms with van der Waals surface area (Å²) in [4.78, 5) is 8.77. The van der Waals surface area contributed by atoms with Gasteiger partial charge in [-0.25, -0.2) is 9.98 Å². The zero-order valence-electron chi connectivity index (χ0n) is 14.6. The van der Waals surface area contributed by atoms with Gasteiger partial charge in [0.15, 0.2) is 11.6 Å². The number of benzene rings is 2. The summed E-state index contributed by atoms with van der Waals surface area (Å²) in [6.45, 7) is 2.00. The van der Waals surface area contributed by atoms with Crippen LogP contribution in [-0.2, 0) is 6.42 Å². The third-order valence-electron chi connectivity index (χ3n) is 3.80. The quantitative estimate of drug-likeness (QED) is 0.499. The van der Waals surface area contributed by atoms with Crippen LogP contribution in [0.3, 0.4) is 0 Å². The number of ether oxygens (including phenoxy) is 1. The van der Waals surface area contributed by atoms with Crippen molar-refractivity contribution >= 4 is 24.1 Å². The van der Waals surface area contributed by atoms with E-state index in [1.807, 2.05) is 79.7 Å². The Morgan fingerprint density at radius 3 is 2.35 bits per heavy atom. The average molecular weight is 368 g/mol. The standard InChI is InChI=1S/C21H21N3O.ClH/c1-16(18-11-6-3-7-12-18)25-19-13-8-14-23-21(19)24-20(22)15-17-9-4-2-5-10-17;/h2-14,16H,15H2,1H3,(H2,22,23,24);1H. The van der Waals surface area contributed by atoms with Gasteiger partial charge in [0, 0.05) is 12.6 Å². The molecule has 3 rings (SSSR count). The fourth-order valence-corrected chi connectivity index (χ4v) is 2.52. The Hall–Kier alpha value is -2.85. The Balaban J connectivity index is 0.00000243. The maximum absolute atomic E-state index is 6.10. The molecule has 1 atom stereocenters. The van der Waals surface area contributed by atoms with E-state index in [2.05, 4.69) is 9.98 Å². The van der Waals surface area contributed by atoms with Crippen molar-refractivity contribution in [3.05, 3.63) is 90.1 Å². The third-order valence-corrected chi connectivity index (χ3v) is 3.80. The average Bonchev–Trinajstić information content (AvgIpc) is 2.65. The maximum atomic E-state index is 6.10. The largest absolute Gasteiger partial charge is 0.482 e. The number of nitrogens with zero attached hydrogens (tertiary/aromatic N) is 2. The van der Waals surface area contributed by atoms with Crippen LogP contribution in [0.2, 0.25) is 0 Å². The van der Waals surface area contributed by atoms with Crippen molar-refractivity contribution < 1.29 is 4.74 Å². The summed E-state index contributed by atoms with van der Waals surface area (Å²) in [5, 5.41) is 0. The van der Waals surface area contributed by atoms with Gasteiger partial charge in [-0.05, 0) is 30.2 Å². The molecule has 1 unspecified atom stereocenters. The number of hydrogen-bond acceptors (Lipinski definition) is 3. The van der Waals surface area contributed by atoms with Crippen molar-refractivity contribution in [1.82, 2.24) is 4.98 Å². The molecular weight excluding hydrogens is 346 g/mol. The predicted octanol–water partition coefficient (Wildman–Crippen LogP) is 4.87. The number of pyridine rings is 1. The van der Waals surface area contributed by atoms with Gasteiger partial charge < -0.3 is 10.5 Å². The highest BCUT2D eigenvalue weighted by Gasteiger charge is 2.11. The lowest BCUT2D eigenvalue weighted by molar-refractivity contribution is 0.227. The van der Waals surface area contributed by atoms with Crippen LogP contribution in [0.4, 0.5) is 5.82 Å². The molecule has 0 saturated heterocycles. The first-order chi connectivity index (χ1) is 12.2. The molecule has 0 amide bonds. The first kappa shape index (κ1) is 19.5. The van der Waals surface area contributed by atoms with Crippen LogP contribution in [0, 0.1) is 0 Å². The minimum absolute atomic E-state index is 0. The molecule has 1 aromatic heterocycles. The first-order valence-corrected chi connectivity index (χ1v) is 8.26. The summed E-state index contributed by atoms with van der Waals surface area (Å²) in [5.74, 6) is 1.62. The van der Waals surface area contributed by atoms with Gasteiger partial charge in [-0.2, -0.15) is 0 Å². The molecule has 0 spiro atoms. The van der Waals surface area contributed by atoms with Crippen molar-refractivity contribution in [2.75, 3.05) is 0 Å². The molecule has 0 radical (unpaired) electrons. The second-order valence-corrected chi connectivity index (χ2v) is 5.76. The van der Waals surface area contributed by atoms with Gasteiger partial charge in [0.05, 0.1) is 0 Å². The maximum Gasteiger partial charge on any atom is 0.196 e. The smallest absolute Gasteiger partial charge is 0.196 e. The van der Waals surface area contributed by atoms with Crippen LogP contribution in [-0.4, -0.2) is 10.8 Å². The lowest BCUT2D eigenvalue weighted by Crippen LogP contribution is -2.14. The molecule has 26 heavy (non-hydrogen) atoms. The van der Waals surface area contributed by atoms with E-state index in [1.54, 1.807) is 6.20 Å². The second-order valence-electron chi connectivity index (χ2n) is 5.76. The van der Waals surface area contributed by atoms with E-state index in [1.165, 1.54) is 0 Å². The van der Waals surface area contributed by atoms with Crippen LogP contribution in [0.5, 0.6) is 5.75 Å². The van der Waals surface area contributed by atoms with E-state index < -0.39 is 0 Å². The highest BCUT2D eigenvalue weighted by molar-refractivity contribution is 5.85. The Labute approximate surface area is 160 Å². The van der Waals surface area contributed by atoms with Gasteiger partial charge in [-0.1, -0.05) is 60.7 Å². The fraction of sp³-hybridized carbons (Fsp3) is 0.143. The van der Waals surface area contributed by atoms with Crippen LogP contribution >= 0.6 is 12.4 Å². The minimum atomic E-state index is -0.102. The lowest BCUT2D eigenvalue weighted by atomic mass is 10.1. The van der Waals surface area contributed by atoms with Crippen LogP contribution in [0.25, 0.3) is 0 Å². The summed E-state index contributed by atoms with van der Waals surface area (Å²) >= 11 is 0. The van der Waals surface area contributed by atoms with Crippen molar-refractivity contribution in [3.8, 4) is 5.75 Å². The van der Waals surface area contributed by atoms with Crippen molar-refractivity contribution in [1.29, 1.82) is 0 Å². The summed E-state index contributed by atoms with van der Waals surface area (Å²) in [6.07, 6.45) is 2.16. The molecule has 3 aromatic rings. The number of nitrogens with two attached hydrogens (primary N) is 1. The monoisotopic (exact) mass is 367 g/mol. The Bertz CT molecular complexity index is 838. The topological polar surface area (TPSA) is 60.5 Å². The van der Waals surface area contributed by atoms with Crippen LogP contribution < -0.4 is 10.5 Å². The molecule has 2 N–H and O–H groups in total. The Morgan fingerprint density at radius 1 is 1.00 bits per heavy atom. The summed E-state index contributed by atoms with van der Waals surface area (Å²) in [7, 11) is 0. The molecule has 0 fully saturated rings. The van der Waals surface area contributed by atoms with Crippen molar-refractivity contribution in [2.24, 2.45) is 10.7 Å². The van der Waals surface area contributed by atoms with E-state index in [4.69, 9.17) is 10.5 Å². The predicted molar refractivity (Wildman–Crippen MR) is 108 cm³/mol. The van der Waals surface area contributed by atoms with E-state index in [0.29, 0.717) is 23.8 Å². The van der Waals surface area contributed by atoms with E-state index in [-0.39, 0.29) is 18.5 Å². The molecule has 1 heterocycles. The number of aliphatic imine (C=N–C) groups is 1.